The lowest BCUT2D eigenvalue weighted by Gasteiger charge is -2.29. The lowest BCUT2D eigenvalue weighted by Crippen LogP contribution is -2.46. The van der Waals surface area contributed by atoms with Gasteiger partial charge in [0.05, 0.1) is 18.2 Å². The normalized spacial score (nSPS) is 11.8. The molecule has 0 fully saturated rings. The van der Waals surface area contributed by atoms with Gasteiger partial charge in [-0.05, 0) is 59.5 Å². The molecule has 0 radical (unpaired) electrons. The van der Waals surface area contributed by atoms with E-state index in [1.165, 1.54) is 18.2 Å². The molecule has 1 atom stereocenters. The molecule has 210 valence electrons. The SMILES string of the molecule is CN(C)c1ccc(-c2ccc(C(=O)NC(CO)C(C)(C)C)cc2C(=O)O)c(C(=O)Nc2ccc(C(=N)N)cc2)n1. The largest absolute Gasteiger partial charge is 0.478 e. The number of hydrogen-bond donors (Lipinski definition) is 6. The smallest absolute Gasteiger partial charge is 0.336 e. The first-order valence-corrected chi connectivity index (χ1v) is 12.5. The number of nitrogen functional groups attached to an aromatic ring is 1. The summed E-state index contributed by atoms with van der Waals surface area (Å²) >= 11 is 0. The highest BCUT2D eigenvalue weighted by Crippen LogP contribution is 2.30. The topological polar surface area (TPSA) is 182 Å². The lowest BCUT2D eigenvalue weighted by atomic mass is 9.87. The Kier molecular flexibility index (Phi) is 8.90. The number of amidine groups is 1. The van der Waals surface area contributed by atoms with Gasteiger partial charge >= 0.3 is 5.97 Å². The molecule has 0 aliphatic heterocycles. The van der Waals surface area contributed by atoms with Gasteiger partial charge in [0.15, 0.2) is 0 Å². The lowest BCUT2D eigenvalue weighted by molar-refractivity contribution is 0.0697. The molecule has 0 bridgehead atoms. The van der Waals surface area contributed by atoms with Gasteiger partial charge < -0.3 is 31.5 Å². The number of benzene rings is 2. The van der Waals surface area contributed by atoms with Crippen molar-refractivity contribution in [3.8, 4) is 11.1 Å². The monoisotopic (exact) mass is 546 g/mol. The van der Waals surface area contributed by atoms with E-state index in [0.29, 0.717) is 17.1 Å². The number of nitrogens with one attached hydrogen (secondary N) is 3. The summed E-state index contributed by atoms with van der Waals surface area (Å²) in [7, 11) is 3.52. The number of nitrogens with zero attached hydrogens (tertiary/aromatic N) is 2. The number of carbonyl (C=O) groups is 3. The van der Waals surface area contributed by atoms with Crippen LogP contribution in [0.1, 0.15) is 57.5 Å². The third kappa shape index (κ3) is 6.80. The van der Waals surface area contributed by atoms with E-state index in [2.05, 4.69) is 15.6 Å². The van der Waals surface area contributed by atoms with E-state index in [-0.39, 0.29) is 40.4 Å². The van der Waals surface area contributed by atoms with E-state index in [0.717, 1.165) is 0 Å². The van der Waals surface area contributed by atoms with E-state index in [9.17, 15) is 24.6 Å². The molecule has 1 unspecified atom stereocenters. The Hall–Kier alpha value is -4.77. The second-order valence-corrected chi connectivity index (χ2v) is 10.5. The first-order valence-electron chi connectivity index (χ1n) is 12.5. The minimum atomic E-state index is -1.29. The molecule has 7 N–H and O–H groups in total. The van der Waals surface area contributed by atoms with Gasteiger partial charge in [0, 0.05) is 36.5 Å². The van der Waals surface area contributed by atoms with E-state index in [1.807, 2.05) is 20.8 Å². The van der Waals surface area contributed by atoms with Gasteiger partial charge in [-0.2, -0.15) is 0 Å². The number of aliphatic hydroxyl groups is 1. The first-order chi connectivity index (χ1) is 18.7. The number of anilines is 2. The molecule has 0 saturated carbocycles. The van der Waals surface area contributed by atoms with Crippen molar-refractivity contribution < 1.29 is 24.6 Å². The van der Waals surface area contributed by atoms with Crippen LogP contribution in [0.2, 0.25) is 0 Å². The van der Waals surface area contributed by atoms with Crippen molar-refractivity contribution in [1.82, 2.24) is 10.3 Å². The number of pyridine rings is 1. The Morgan fingerprint density at radius 1 is 0.975 bits per heavy atom. The molecule has 2 aromatic carbocycles. The number of rotatable bonds is 9. The Labute approximate surface area is 232 Å². The van der Waals surface area contributed by atoms with E-state index >= 15 is 0 Å². The molecule has 0 aliphatic carbocycles. The third-order valence-corrected chi connectivity index (χ3v) is 6.34. The highest BCUT2D eigenvalue weighted by Gasteiger charge is 2.27. The Bertz CT molecular complexity index is 1440. The second-order valence-electron chi connectivity index (χ2n) is 10.5. The predicted molar refractivity (Wildman–Crippen MR) is 154 cm³/mol. The van der Waals surface area contributed by atoms with E-state index < -0.39 is 29.2 Å². The number of aromatic nitrogens is 1. The average molecular weight is 547 g/mol. The van der Waals surface area contributed by atoms with Crippen molar-refractivity contribution in [2.45, 2.75) is 26.8 Å². The summed E-state index contributed by atoms with van der Waals surface area (Å²) in [5.74, 6) is -2.03. The molecular formula is C29H34N6O5. The van der Waals surface area contributed by atoms with Crippen LogP contribution in [0.3, 0.4) is 0 Å². The van der Waals surface area contributed by atoms with Crippen molar-refractivity contribution in [2.75, 3.05) is 30.9 Å². The molecule has 0 spiro atoms. The average Bonchev–Trinajstić information content (AvgIpc) is 2.90. The highest BCUT2D eigenvalue weighted by molar-refractivity contribution is 6.10. The van der Waals surface area contributed by atoms with Gasteiger partial charge in [0.1, 0.15) is 17.3 Å². The number of carboxylic acids is 1. The fraction of sp³-hybridized carbons (Fsp3) is 0.276. The van der Waals surface area contributed by atoms with Gasteiger partial charge in [0.2, 0.25) is 0 Å². The van der Waals surface area contributed by atoms with Gasteiger partial charge in [-0.25, -0.2) is 9.78 Å². The van der Waals surface area contributed by atoms with Crippen LogP contribution in [0.25, 0.3) is 11.1 Å². The van der Waals surface area contributed by atoms with Crippen molar-refractivity contribution in [3.63, 3.8) is 0 Å². The number of nitrogens with two attached hydrogens (primary N) is 1. The molecular weight excluding hydrogens is 512 g/mol. The van der Waals surface area contributed by atoms with Gasteiger partial charge in [0.25, 0.3) is 11.8 Å². The molecule has 11 heteroatoms. The van der Waals surface area contributed by atoms with Gasteiger partial charge in [-0.3, -0.25) is 15.0 Å². The van der Waals surface area contributed by atoms with Crippen LogP contribution >= 0.6 is 0 Å². The fourth-order valence-corrected chi connectivity index (χ4v) is 3.89. The van der Waals surface area contributed by atoms with Gasteiger partial charge in [-0.1, -0.05) is 26.8 Å². The summed E-state index contributed by atoms with van der Waals surface area (Å²) < 4.78 is 0. The third-order valence-electron chi connectivity index (χ3n) is 6.34. The number of aromatic carboxylic acids is 1. The molecule has 0 saturated heterocycles. The minimum absolute atomic E-state index is 0.0189. The second kappa shape index (κ2) is 12.0. The van der Waals surface area contributed by atoms with Crippen molar-refractivity contribution in [3.05, 3.63) is 77.0 Å². The maximum atomic E-state index is 13.4. The summed E-state index contributed by atoms with van der Waals surface area (Å²) in [5.41, 5.74) is 6.35. The minimum Gasteiger partial charge on any atom is -0.478 e. The zero-order chi connectivity index (χ0) is 29.8. The number of carboxylic acid groups (broad SMARTS) is 1. The highest BCUT2D eigenvalue weighted by atomic mass is 16.4. The molecule has 11 nitrogen and oxygen atoms in total. The zero-order valence-corrected chi connectivity index (χ0v) is 23.1. The number of aliphatic hydroxyl groups excluding tert-OH is 1. The predicted octanol–water partition coefficient (Wildman–Crippen LogP) is 3.19. The maximum Gasteiger partial charge on any atom is 0.336 e. The summed E-state index contributed by atoms with van der Waals surface area (Å²) in [6.45, 7) is 5.33. The van der Waals surface area contributed by atoms with Crippen LogP contribution in [-0.2, 0) is 0 Å². The molecule has 1 aromatic heterocycles. The molecule has 40 heavy (non-hydrogen) atoms. The molecule has 0 aliphatic rings. The van der Waals surface area contributed by atoms with E-state index in [4.69, 9.17) is 11.1 Å². The standard InChI is InChI=1S/C29H34N6O5/c1-29(2,3)22(15-36)33-26(37)17-8-11-19(21(14-17)28(39)40)20-12-13-23(35(4)5)34-24(20)27(38)32-18-9-6-16(7-10-18)25(30)31/h6-14,22,36H,15H2,1-5H3,(H3,30,31)(H,32,38)(H,33,37)(H,39,40). The van der Waals surface area contributed by atoms with Crippen molar-refractivity contribution in [1.29, 1.82) is 5.41 Å². The zero-order valence-electron chi connectivity index (χ0n) is 23.1. The van der Waals surface area contributed by atoms with E-state index in [1.54, 1.807) is 55.4 Å². The molecule has 3 aromatic rings. The van der Waals surface area contributed by atoms with Crippen LogP contribution in [0, 0.1) is 10.8 Å². The molecule has 2 amide bonds. The summed E-state index contributed by atoms with van der Waals surface area (Å²) in [6.07, 6.45) is 0. The number of amides is 2. The number of carbonyl (C=O) groups excluding carboxylic acids is 2. The quantitative estimate of drug-likeness (QED) is 0.175. The van der Waals surface area contributed by atoms with Crippen LogP contribution in [0.15, 0.2) is 54.6 Å². The van der Waals surface area contributed by atoms with Crippen LogP contribution in [0.4, 0.5) is 11.5 Å². The fourth-order valence-electron chi connectivity index (χ4n) is 3.89. The maximum absolute atomic E-state index is 13.4. The van der Waals surface area contributed by atoms with Crippen LogP contribution < -0.4 is 21.3 Å². The Morgan fingerprint density at radius 2 is 1.57 bits per heavy atom. The van der Waals surface area contributed by atoms with Crippen molar-refractivity contribution >= 4 is 35.1 Å². The Morgan fingerprint density at radius 3 is 2.10 bits per heavy atom. The summed E-state index contributed by atoms with van der Waals surface area (Å²) in [5, 5.41) is 32.8. The van der Waals surface area contributed by atoms with Gasteiger partial charge in [-0.15, -0.1) is 0 Å². The first kappa shape index (κ1) is 29.8. The summed E-state index contributed by atoms with van der Waals surface area (Å²) in [6, 6.07) is 13.3. The van der Waals surface area contributed by atoms with Crippen LogP contribution in [0.5, 0.6) is 0 Å². The Balaban J connectivity index is 2.05. The van der Waals surface area contributed by atoms with Crippen molar-refractivity contribution in [2.24, 2.45) is 11.1 Å². The molecule has 3 rings (SSSR count). The summed E-state index contributed by atoms with van der Waals surface area (Å²) in [4.78, 5) is 44.8. The molecule has 1 heterocycles. The number of hydrogen-bond acceptors (Lipinski definition) is 7. The van der Waals surface area contributed by atoms with Crippen LogP contribution in [-0.4, -0.2) is 65.6 Å².